The molecule has 0 aliphatic carbocycles. The zero-order valence-electron chi connectivity index (χ0n) is 22.9. The minimum atomic E-state index is -4.41. The Hall–Kier alpha value is -2.81. The van der Waals surface area contributed by atoms with Gasteiger partial charge in [0, 0.05) is 11.1 Å². The van der Waals surface area contributed by atoms with Crippen LogP contribution in [0, 0.1) is 0 Å². The van der Waals surface area contributed by atoms with Crippen LogP contribution in [0.15, 0.2) is 24.3 Å². The second-order valence-electron chi connectivity index (χ2n) is 8.49. The molecule has 0 aliphatic heterocycles. The second-order valence-corrected chi connectivity index (χ2v) is 9.64. The van der Waals surface area contributed by atoms with Crippen LogP contribution in [-0.2, 0) is 52.7 Å². The number of hydrogen-bond donors (Lipinski definition) is 0. The van der Waals surface area contributed by atoms with Crippen LogP contribution in [0.3, 0.4) is 0 Å². The van der Waals surface area contributed by atoms with Crippen molar-refractivity contribution < 1.29 is 59.8 Å². The van der Waals surface area contributed by atoms with Crippen LogP contribution >= 0.6 is 0 Å². The zero-order chi connectivity index (χ0) is 29.8. The lowest BCUT2D eigenvalue weighted by Gasteiger charge is -2.34. The van der Waals surface area contributed by atoms with Crippen molar-refractivity contribution in [3.8, 4) is 0 Å². The van der Waals surface area contributed by atoms with E-state index in [-0.39, 0.29) is 62.4 Å². The topological polar surface area (TPSA) is 172 Å². The average Bonchev–Trinajstić information content (AvgIpc) is 2.85. The number of esters is 4. The number of carbonyl (C=O) groups is 4. The van der Waals surface area contributed by atoms with Gasteiger partial charge < -0.3 is 28.0 Å². The Labute approximate surface area is 225 Å². The Balaban J connectivity index is 0. The van der Waals surface area contributed by atoms with Crippen molar-refractivity contribution in [3.63, 3.8) is 0 Å². The molecular weight excluding hydrogens is 526 g/mol. The highest BCUT2D eigenvalue weighted by Crippen LogP contribution is 2.10. The summed E-state index contributed by atoms with van der Waals surface area (Å²) in [6.07, 6.45) is 2.31. The van der Waals surface area contributed by atoms with Gasteiger partial charge in [0.15, 0.2) is 0 Å². The molecule has 0 spiro atoms. The average molecular weight is 568 g/mol. The summed E-state index contributed by atoms with van der Waals surface area (Å²) >= 11 is 0. The van der Waals surface area contributed by atoms with E-state index in [9.17, 15) is 32.1 Å². The molecule has 0 radical (unpaired) electrons. The Morgan fingerprint density at radius 3 is 1.39 bits per heavy atom. The van der Waals surface area contributed by atoms with E-state index in [0.29, 0.717) is 17.6 Å². The van der Waals surface area contributed by atoms with Gasteiger partial charge in [-0.1, -0.05) is 26.5 Å². The minimum absolute atomic E-state index is 0.0151. The van der Waals surface area contributed by atoms with Crippen molar-refractivity contribution in [1.29, 1.82) is 0 Å². The molecule has 13 nitrogen and oxygen atoms in total. The van der Waals surface area contributed by atoms with E-state index in [1.807, 2.05) is 7.05 Å². The van der Waals surface area contributed by atoms with E-state index < -0.39 is 22.3 Å². The summed E-state index contributed by atoms with van der Waals surface area (Å²) in [7, 11) is -1.62. The Morgan fingerprint density at radius 2 is 1.11 bits per heavy atom. The number of hydrogen-bond acceptors (Lipinski definition) is 12. The monoisotopic (exact) mass is 567 g/mol. The van der Waals surface area contributed by atoms with E-state index in [2.05, 4.69) is 24.3 Å². The first kappa shape index (κ1) is 37.3. The van der Waals surface area contributed by atoms with Gasteiger partial charge in [0.05, 0.1) is 46.6 Å². The lowest BCUT2D eigenvalue weighted by atomic mass is 10.2. The third-order valence-electron chi connectivity index (χ3n) is 4.82. The molecular formula is C24H41NO12S. The van der Waals surface area contributed by atoms with E-state index >= 15 is 0 Å². The standard InChI is InChI=1S/C23H38NO8.CH4O4S/c1-7-8-11-24(6,12-9-20(25)29-14-16-31-22(27)18(2)3)13-10-21(26)30-15-17-32-23(28)19(4)5;1-5-6(2,3)4/h2,4,7-17H2,1,3,5-6H3;1H3,(H,2,3,4)/q+1;/p-1. The van der Waals surface area contributed by atoms with Gasteiger partial charge in [-0.2, -0.15) is 0 Å². The van der Waals surface area contributed by atoms with Gasteiger partial charge >= 0.3 is 23.9 Å². The maximum atomic E-state index is 12.0. The summed E-state index contributed by atoms with van der Waals surface area (Å²) in [5, 5.41) is 0. The van der Waals surface area contributed by atoms with Crippen LogP contribution < -0.4 is 0 Å². The van der Waals surface area contributed by atoms with Gasteiger partial charge in [0.25, 0.3) is 0 Å². The van der Waals surface area contributed by atoms with E-state index in [0.717, 1.165) is 26.5 Å². The van der Waals surface area contributed by atoms with Gasteiger partial charge in [-0.05, 0) is 20.3 Å². The molecule has 0 N–H and O–H groups in total. The summed E-state index contributed by atoms with van der Waals surface area (Å²) < 4.78 is 51.5. The number of rotatable bonds is 18. The number of carbonyl (C=O) groups excluding carboxylic acids is 4. The lowest BCUT2D eigenvalue weighted by molar-refractivity contribution is -0.908. The maximum absolute atomic E-state index is 12.0. The fourth-order valence-corrected chi connectivity index (χ4v) is 2.57. The molecule has 220 valence electrons. The quantitative estimate of drug-likeness (QED) is 0.0444. The Bertz CT molecular complexity index is 848. The maximum Gasteiger partial charge on any atom is 0.333 e. The van der Waals surface area contributed by atoms with Gasteiger partial charge in [-0.25, -0.2) is 18.0 Å². The van der Waals surface area contributed by atoms with E-state index in [1.54, 1.807) is 0 Å². The molecule has 0 aromatic rings. The molecule has 0 unspecified atom stereocenters. The van der Waals surface area contributed by atoms with E-state index in [1.165, 1.54) is 13.8 Å². The van der Waals surface area contributed by atoms with Crippen molar-refractivity contribution in [2.75, 3.05) is 60.2 Å². The SMILES string of the molecule is C=C(C)C(=O)OCCOC(=O)CC[N+](C)(CCCC)CCC(=O)OCCOC(=O)C(=C)C.COS(=O)(=O)[O-]. The van der Waals surface area contributed by atoms with Crippen molar-refractivity contribution >= 4 is 34.3 Å². The summed E-state index contributed by atoms with van der Waals surface area (Å²) in [5.74, 6) is -1.82. The first-order valence-corrected chi connectivity index (χ1v) is 13.2. The minimum Gasteiger partial charge on any atom is -0.726 e. The van der Waals surface area contributed by atoms with Crippen LogP contribution in [0.5, 0.6) is 0 Å². The van der Waals surface area contributed by atoms with Crippen LogP contribution in [0.2, 0.25) is 0 Å². The van der Waals surface area contributed by atoms with Crippen molar-refractivity contribution in [1.82, 2.24) is 0 Å². The van der Waals surface area contributed by atoms with Crippen molar-refractivity contribution in [2.45, 2.75) is 46.5 Å². The van der Waals surface area contributed by atoms with Crippen molar-refractivity contribution in [2.24, 2.45) is 0 Å². The molecule has 0 saturated carbocycles. The molecule has 0 saturated heterocycles. The molecule has 0 aromatic heterocycles. The van der Waals surface area contributed by atoms with E-state index in [4.69, 9.17) is 18.9 Å². The Morgan fingerprint density at radius 1 is 0.763 bits per heavy atom. The number of nitrogens with zero attached hydrogens (tertiary/aromatic N) is 1. The first-order chi connectivity index (χ1) is 17.6. The van der Waals surface area contributed by atoms with Crippen LogP contribution in [-0.4, -0.2) is 102 Å². The fourth-order valence-electron chi connectivity index (χ4n) is 2.57. The predicted molar refractivity (Wildman–Crippen MR) is 135 cm³/mol. The number of ether oxygens (including phenoxy) is 4. The molecule has 14 heteroatoms. The summed E-state index contributed by atoms with van der Waals surface area (Å²) in [6.45, 7) is 13.9. The second kappa shape index (κ2) is 20.2. The summed E-state index contributed by atoms with van der Waals surface area (Å²) in [5.41, 5.74) is 0.568. The third-order valence-corrected chi connectivity index (χ3v) is 5.23. The third kappa shape index (κ3) is 22.4. The van der Waals surface area contributed by atoms with Gasteiger partial charge in [0.1, 0.15) is 26.4 Å². The normalized spacial score (nSPS) is 10.9. The van der Waals surface area contributed by atoms with Crippen LogP contribution in [0.25, 0.3) is 0 Å². The molecule has 0 fully saturated rings. The molecule has 0 aliphatic rings. The molecule has 0 aromatic carbocycles. The fraction of sp³-hybridized carbons (Fsp3) is 0.667. The Kier molecular flexibility index (Phi) is 19.8. The highest BCUT2D eigenvalue weighted by Gasteiger charge is 2.24. The largest absolute Gasteiger partial charge is 0.726 e. The molecule has 0 atom stereocenters. The lowest BCUT2D eigenvalue weighted by Crippen LogP contribution is -2.47. The highest BCUT2D eigenvalue weighted by atomic mass is 32.3. The van der Waals surface area contributed by atoms with Crippen molar-refractivity contribution in [3.05, 3.63) is 24.3 Å². The zero-order valence-corrected chi connectivity index (χ0v) is 23.8. The van der Waals surface area contributed by atoms with Gasteiger partial charge in [-0.15, -0.1) is 0 Å². The highest BCUT2D eigenvalue weighted by molar-refractivity contribution is 7.80. The van der Waals surface area contributed by atoms with Gasteiger partial charge in [-0.3, -0.25) is 13.8 Å². The molecule has 0 heterocycles. The molecule has 0 amide bonds. The summed E-state index contributed by atoms with van der Waals surface area (Å²) in [4.78, 5) is 46.6. The smallest absolute Gasteiger partial charge is 0.333 e. The molecule has 0 bridgehead atoms. The van der Waals surface area contributed by atoms with Gasteiger partial charge in [0.2, 0.25) is 10.4 Å². The predicted octanol–water partition coefficient (Wildman–Crippen LogP) is 1.43. The number of quaternary nitrogens is 1. The van der Waals surface area contributed by atoms with Crippen LogP contribution in [0.1, 0.15) is 46.5 Å². The number of unbranched alkanes of at least 4 members (excludes halogenated alkanes) is 1. The first-order valence-electron chi connectivity index (χ1n) is 11.9. The van der Waals surface area contributed by atoms with Crippen LogP contribution in [0.4, 0.5) is 0 Å². The molecule has 38 heavy (non-hydrogen) atoms. The molecule has 0 rings (SSSR count). The summed E-state index contributed by atoms with van der Waals surface area (Å²) in [6, 6.07) is 0.